The summed E-state index contributed by atoms with van der Waals surface area (Å²) in [5.41, 5.74) is 0.942. The summed E-state index contributed by atoms with van der Waals surface area (Å²) in [5, 5.41) is 11.3. The monoisotopic (exact) mass is 226 g/mol. The lowest BCUT2D eigenvalue weighted by Gasteiger charge is -2.09. The second kappa shape index (κ2) is 5.16. The molecule has 0 spiro atoms. The third-order valence-electron chi connectivity index (χ3n) is 2.40. The molecule has 1 aromatic rings. The highest BCUT2D eigenvalue weighted by atomic mass is 32.1. The molecule has 1 heterocycles. The van der Waals surface area contributed by atoms with Gasteiger partial charge in [-0.2, -0.15) is 0 Å². The van der Waals surface area contributed by atoms with Crippen molar-refractivity contribution in [3.63, 3.8) is 0 Å². The smallest absolute Gasteiger partial charge is 0.410 e. The predicted molar refractivity (Wildman–Crippen MR) is 65.3 cm³/mol. The minimum absolute atomic E-state index is 0.474. The molecule has 0 aliphatic rings. The van der Waals surface area contributed by atoms with Crippen LogP contribution in [-0.2, 0) is 0 Å². The highest BCUT2D eigenvalue weighted by Gasteiger charge is 2.15. The molecule has 0 radical (unpaired) electrons. The number of carbonyl (C=O) groups is 1. The largest absolute Gasteiger partial charge is 0.465 e. The molecule has 6 heteroatoms. The van der Waals surface area contributed by atoms with E-state index in [0.29, 0.717) is 11.0 Å². The lowest BCUT2D eigenvalue weighted by Crippen LogP contribution is -2.13. The third-order valence-corrected chi connectivity index (χ3v) is 3.64. The van der Waals surface area contributed by atoms with Gasteiger partial charge in [-0.3, -0.25) is 5.32 Å². The lowest BCUT2D eigenvalue weighted by molar-refractivity contribution is 0.210. The minimum Gasteiger partial charge on any atom is -0.465 e. The van der Waals surface area contributed by atoms with E-state index in [-0.39, 0.29) is 0 Å². The summed E-state index contributed by atoms with van der Waals surface area (Å²) in [7, 11) is 1.93. The van der Waals surface area contributed by atoms with Crippen molar-refractivity contribution in [1.82, 2.24) is 4.98 Å². The van der Waals surface area contributed by atoms with Gasteiger partial charge >= 0.3 is 6.09 Å². The summed E-state index contributed by atoms with van der Waals surface area (Å²) in [5.74, 6) is 0.492. The van der Waals surface area contributed by atoms with Crippen LogP contribution in [0.3, 0.4) is 0 Å². The van der Waals surface area contributed by atoms with Crippen LogP contribution in [0.2, 0.25) is 0 Å². The van der Waals surface area contributed by atoms with Crippen LogP contribution in [0.25, 0.3) is 0 Å². The van der Waals surface area contributed by atoms with Crippen molar-refractivity contribution in [2.75, 3.05) is 5.32 Å². The fraction of sp³-hybridized carbons (Fsp3) is 0.556. The van der Waals surface area contributed by atoms with Gasteiger partial charge in [-0.25, -0.2) is 9.78 Å². The van der Waals surface area contributed by atoms with Crippen LogP contribution in [-0.4, -0.2) is 24.0 Å². The van der Waals surface area contributed by atoms with Crippen LogP contribution in [0.15, 0.2) is 0 Å². The molecule has 15 heavy (non-hydrogen) atoms. The lowest BCUT2D eigenvalue weighted by atomic mass is 9.93. The van der Waals surface area contributed by atoms with Gasteiger partial charge in [0, 0.05) is 10.5 Å². The fourth-order valence-electron chi connectivity index (χ4n) is 1.59. The molecule has 0 aliphatic heterocycles. The number of hydrogen-bond acceptors (Lipinski definition) is 3. The van der Waals surface area contributed by atoms with Gasteiger partial charge in [-0.1, -0.05) is 13.8 Å². The van der Waals surface area contributed by atoms with Gasteiger partial charge < -0.3 is 5.11 Å². The Morgan fingerprint density at radius 2 is 2.20 bits per heavy atom. The Kier molecular flexibility index (Phi) is 4.14. The molecule has 0 aromatic carbocycles. The molecule has 4 nitrogen and oxygen atoms in total. The number of thiazole rings is 1. The van der Waals surface area contributed by atoms with Crippen molar-refractivity contribution >= 4 is 36.0 Å². The topological polar surface area (TPSA) is 62.2 Å². The van der Waals surface area contributed by atoms with Crippen molar-refractivity contribution in [2.45, 2.75) is 32.6 Å². The molecular weight excluding hydrogens is 211 g/mol. The summed E-state index contributed by atoms with van der Waals surface area (Å²) in [6.45, 7) is 4.27. The van der Waals surface area contributed by atoms with Crippen molar-refractivity contribution in [2.24, 2.45) is 0 Å². The van der Waals surface area contributed by atoms with Gasteiger partial charge in [-0.15, -0.1) is 11.3 Å². The van der Waals surface area contributed by atoms with E-state index in [4.69, 9.17) is 5.11 Å². The fourth-order valence-corrected chi connectivity index (χ4v) is 2.81. The van der Waals surface area contributed by atoms with E-state index in [0.717, 1.165) is 18.4 Å². The third kappa shape index (κ3) is 2.96. The molecule has 0 bridgehead atoms. The first-order valence-electron chi connectivity index (χ1n) is 5.05. The molecule has 0 atom stereocenters. The van der Waals surface area contributed by atoms with E-state index in [1.165, 1.54) is 16.2 Å². The Morgan fingerprint density at radius 1 is 1.60 bits per heavy atom. The quantitative estimate of drug-likeness (QED) is 0.762. The molecule has 1 rings (SSSR count). The molecule has 0 unspecified atom stereocenters. The number of nitrogens with one attached hydrogen (secondary N) is 1. The maximum absolute atomic E-state index is 10.5. The number of carboxylic acid groups (broad SMARTS) is 1. The second-order valence-electron chi connectivity index (χ2n) is 3.41. The van der Waals surface area contributed by atoms with Gasteiger partial charge in [0.1, 0.15) is 0 Å². The number of amides is 1. The predicted octanol–water partition coefficient (Wildman–Crippen LogP) is 1.39. The summed E-state index contributed by atoms with van der Waals surface area (Å²) >= 11 is 1.44. The highest BCUT2D eigenvalue weighted by molar-refractivity contribution is 7.16. The SMILES string of the molecule is Bc1nc(NC(=O)O)sc1C(CC)CC. The van der Waals surface area contributed by atoms with Gasteiger partial charge in [0.15, 0.2) is 13.0 Å². The van der Waals surface area contributed by atoms with Crippen molar-refractivity contribution in [1.29, 1.82) is 0 Å². The average Bonchev–Trinajstić information content (AvgIpc) is 2.48. The van der Waals surface area contributed by atoms with Crippen LogP contribution in [0.5, 0.6) is 0 Å². The number of rotatable bonds is 4. The zero-order valence-electron chi connectivity index (χ0n) is 9.20. The summed E-state index contributed by atoms with van der Waals surface area (Å²) in [6, 6.07) is 0. The minimum atomic E-state index is -1.06. The first kappa shape index (κ1) is 12.0. The van der Waals surface area contributed by atoms with Crippen LogP contribution in [0.1, 0.15) is 37.5 Å². The molecule has 2 N–H and O–H groups in total. The standard InChI is InChI=1S/C9H15BN2O2S/c1-3-5(4-2)6-7(10)11-8(15-6)12-9(13)14/h5H,3-4,10H2,1-2H3,(H,11,12)(H,13,14). The van der Waals surface area contributed by atoms with Crippen LogP contribution >= 0.6 is 11.3 Å². The molecular formula is C9H15BN2O2S. The average molecular weight is 226 g/mol. The summed E-state index contributed by atoms with van der Waals surface area (Å²) in [4.78, 5) is 15.8. The zero-order valence-corrected chi connectivity index (χ0v) is 10.0. The van der Waals surface area contributed by atoms with Crippen LogP contribution in [0.4, 0.5) is 9.93 Å². The van der Waals surface area contributed by atoms with Gasteiger partial charge in [0.05, 0.1) is 0 Å². The van der Waals surface area contributed by atoms with E-state index in [2.05, 4.69) is 24.1 Å². The Labute approximate surface area is 94.1 Å². The molecule has 0 saturated heterocycles. The Hall–Kier alpha value is -1.04. The van der Waals surface area contributed by atoms with Crippen molar-refractivity contribution in [3.05, 3.63) is 4.88 Å². The second-order valence-corrected chi connectivity index (χ2v) is 4.44. The summed E-state index contributed by atoms with van der Waals surface area (Å²) < 4.78 is 0. The van der Waals surface area contributed by atoms with Crippen LogP contribution in [0, 0.1) is 0 Å². The molecule has 0 aliphatic carbocycles. The van der Waals surface area contributed by atoms with E-state index in [9.17, 15) is 4.79 Å². The summed E-state index contributed by atoms with van der Waals surface area (Å²) in [6.07, 6.45) is 1.07. The van der Waals surface area contributed by atoms with Gasteiger partial charge in [0.2, 0.25) is 0 Å². The molecule has 1 amide bonds. The van der Waals surface area contributed by atoms with E-state index < -0.39 is 6.09 Å². The number of nitrogens with zero attached hydrogens (tertiary/aromatic N) is 1. The number of hydrogen-bond donors (Lipinski definition) is 2. The number of aromatic nitrogens is 1. The van der Waals surface area contributed by atoms with Gasteiger partial charge in [0.25, 0.3) is 0 Å². The maximum Gasteiger partial charge on any atom is 0.410 e. The molecule has 0 saturated carbocycles. The number of anilines is 1. The first-order valence-corrected chi connectivity index (χ1v) is 5.87. The highest BCUT2D eigenvalue weighted by Crippen LogP contribution is 2.28. The van der Waals surface area contributed by atoms with Crippen molar-refractivity contribution in [3.8, 4) is 0 Å². The normalized spacial score (nSPS) is 10.6. The Balaban J connectivity index is 2.89. The first-order chi connectivity index (χ1) is 7.08. The molecule has 0 fully saturated rings. The Morgan fingerprint density at radius 3 is 2.67 bits per heavy atom. The van der Waals surface area contributed by atoms with Gasteiger partial charge in [-0.05, 0) is 18.8 Å². The van der Waals surface area contributed by atoms with Crippen LogP contribution < -0.4 is 10.9 Å². The Bertz CT molecular complexity index is 350. The van der Waals surface area contributed by atoms with E-state index in [1.807, 2.05) is 7.85 Å². The van der Waals surface area contributed by atoms with E-state index in [1.54, 1.807) is 0 Å². The van der Waals surface area contributed by atoms with Crippen molar-refractivity contribution < 1.29 is 9.90 Å². The maximum atomic E-state index is 10.5. The van der Waals surface area contributed by atoms with E-state index >= 15 is 0 Å². The zero-order chi connectivity index (χ0) is 11.4. The molecule has 82 valence electrons. The molecule has 1 aromatic heterocycles.